The van der Waals surface area contributed by atoms with E-state index in [-0.39, 0.29) is 18.1 Å². The second-order valence-electron chi connectivity index (χ2n) is 4.76. The third kappa shape index (κ3) is 3.44. The molecule has 0 aromatic heterocycles. The Kier molecular flexibility index (Phi) is 4.96. The van der Waals surface area contributed by atoms with Crippen LogP contribution in [0.25, 0.3) is 0 Å². The van der Waals surface area contributed by atoms with Crippen molar-refractivity contribution in [1.82, 2.24) is 15.5 Å². The largest absolute Gasteiger partial charge is 0.390 e. The first kappa shape index (κ1) is 14.0. The van der Waals surface area contributed by atoms with E-state index >= 15 is 0 Å². The van der Waals surface area contributed by atoms with Crippen LogP contribution in [-0.4, -0.2) is 55.0 Å². The van der Waals surface area contributed by atoms with E-state index in [1.165, 1.54) is 0 Å². The van der Waals surface area contributed by atoms with Gasteiger partial charge in [0.15, 0.2) is 0 Å². The first-order valence-electron chi connectivity index (χ1n) is 6.07. The summed E-state index contributed by atoms with van der Waals surface area (Å²) in [7, 11) is 3.70. The maximum Gasteiger partial charge on any atom is 0.103 e. The Bertz CT molecular complexity index is 301. The lowest BCUT2D eigenvalue weighted by Crippen LogP contribution is -2.36. The van der Waals surface area contributed by atoms with Crippen LogP contribution in [0.15, 0.2) is 11.9 Å². The topological polar surface area (TPSA) is 71.4 Å². The molecule has 0 radical (unpaired) electrons. The molecule has 0 spiro atoms. The average molecular weight is 240 g/mol. The van der Waals surface area contributed by atoms with E-state index in [1.54, 1.807) is 0 Å². The number of rotatable bonds is 5. The van der Waals surface area contributed by atoms with Gasteiger partial charge in [-0.3, -0.25) is 0 Å². The monoisotopic (exact) mass is 240 g/mol. The lowest BCUT2D eigenvalue weighted by Gasteiger charge is -2.22. The van der Waals surface area contributed by atoms with Gasteiger partial charge in [0.1, 0.15) is 5.82 Å². The van der Waals surface area contributed by atoms with Crippen LogP contribution in [0.4, 0.5) is 0 Å². The number of allylic oxidation sites excluding steroid dienone is 1. The molecule has 0 bridgehead atoms. The van der Waals surface area contributed by atoms with E-state index in [9.17, 15) is 5.11 Å². The van der Waals surface area contributed by atoms with Gasteiger partial charge in [-0.15, -0.1) is 0 Å². The molecule has 1 heterocycles. The SMILES string of the molecule is CN/C(=C\C(=N)C(C)C)N1CC(O)C(NC)C1. The molecule has 0 aromatic rings. The summed E-state index contributed by atoms with van der Waals surface area (Å²) in [6.45, 7) is 5.36. The number of β-amino-alcohol motifs (C(OH)–C–C–N with tert-alkyl or cyclic N) is 1. The van der Waals surface area contributed by atoms with Gasteiger partial charge in [-0.05, 0) is 19.0 Å². The van der Waals surface area contributed by atoms with Crippen molar-refractivity contribution < 1.29 is 5.11 Å². The van der Waals surface area contributed by atoms with Crippen molar-refractivity contribution >= 4 is 5.71 Å². The van der Waals surface area contributed by atoms with Gasteiger partial charge in [-0.1, -0.05) is 13.8 Å². The number of hydrogen-bond donors (Lipinski definition) is 4. The molecule has 0 aromatic carbocycles. The summed E-state index contributed by atoms with van der Waals surface area (Å²) in [4.78, 5) is 2.07. The second-order valence-corrected chi connectivity index (χ2v) is 4.76. The van der Waals surface area contributed by atoms with Crippen LogP contribution in [-0.2, 0) is 0 Å². The molecule has 17 heavy (non-hydrogen) atoms. The predicted octanol–water partition coefficient (Wildman–Crippen LogP) is -0.0125. The Morgan fingerprint density at radius 3 is 2.47 bits per heavy atom. The van der Waals surface area contributed by atoms with Gasteiger partial charge >= 0.3 is 0 Å². The van der Waals surface area contributed by atoms with Gasteiger partial charge in [0.2, 0.25) is 0 Å². The molecule has 2 unspecified atom stereocenters. The van der Waals surface area contributed by atoms with Gasteiger partial charge in [-0.25, -0.2) is 0 Å². The first-order valence-corrected chi connectivity index (χ1v) is 6.07. The number of likely N-dealkylation sites (N-methyl/N-ethyl adjacent to an activating group) is 1. The highest BCUT2D eigenvalue weighted by molar-refractivity contribution is 5.94. The molecule has 0 saturated carbocycles. The smallest absolute Gasteiger partial charge is 0.103 e. The third-order valence-electron chi connectivity index (χ3n) is 3.17. The highest BCUT2D eigenvalue weighted by Crippen LogP contribution is 2.14. The molecule has 1 fully saturated rings. The summed E-state index contributed by atoms with van der Waals surface area (Å²) in [5, 5.41) is 23.9. The fourth-order valence-corrected chi connectivity index (χ4v) is 1.90. The van der Waals surface area contributed by atoms with Crippen LogP contribution in [0.5, 0.6) is 0 Å². The number of likely N-dealkylation sites (tertiary alicyclic amines) is 1. The molecule has 1 aliphatic heterocycles. The van der Waals surface area contributed by atoms with Gasteiger partial charge in [0.25, 0.3) is 0 Å². The summed E-state index contributed by atoms with van der Waals surface area (Å²) >= 11 is 0. The molecule has 1 rings (SSSR count). The third-order valence-corrected chi connectivity index (χ3v) is 3.17. The zero-order valence-electron chi connectivity index (χ0n) is 11.1. The lowest BCUT2D eigenvalue weighted by atomic mass is 10.1. The minimum atomic E-state index is -0.356. The first-order chi connectivity index (χ1) is 7.99. The lowest BCUT2D eigenvalue weighted by molar-refractivity contribution is 0.160. The Morgan fingerprint density at radius 2 is 2.06 bits per heavy atom. The zero-order chi connectivity index (χ0) is 13.0. The Labute approximate surface area is 103 Å². The van der Waals surface area contributed by atoms with Crippen molar-refractivity contribution in [2.24, 2.45) is 5.92 Å². The van der Waals surface area contributed by atoms with Crippen molar-refractivity contribution in [2.75, 3.05) is 27.2 Å². The summed E-state index contributed by atoms with van der Waals surface area (Å²) < 4.78 is 0. The molecule has 4 N–H and O–H groups in total. The summed E-state index contributed by atoms with van der Waals surface area (Å²) in [6.07, 6.45) is 1.49. The maximum absolute atomic E-state index is 9.83. The fraction of sp³-hybridized carbons (Fsp3) is 0.750. The van der Waals surface area contributed by atoms with Crippen molar-refractivity contribution in [3.05, 3.63) is 11.9 Å². The van der Waals surface area contributed by atoms with Crippen LogP contribution >= 0.6 is 0 Å². The summed E-state index contributed by atoms with van der Waals surface area (Å²) in [5.41, 5.74) is 0.594. The highest BCUT2D eigenvalue weighted by Gasteiger charge is 2.31. The molecule has 1 aliphatic rings. The number of nitrogens with one attached hydrogen (secondary N) is 3. The number of hydrogen-bond acceptors (Lipinski definition) is 5. The normalized spacial score (nSPS) is 25.5. The van der Waals surface area contributed by atoms with Crippen LogP contribution in [0.2, 0.25) is 0 Å². The molecule has 1 saturated heterocycles. The molecule has 0 aliphatic carbocycles. The predicted molar refractivity (Wildman–Crippen MR) is 70.1 cm³/mol. The van der Waals surface area contributed by atoms with Gasteiger partial charge in [0, 0.05) is 25.8 Å². The Morgan fingerprint density at radius 1 is 1.41 bits per heavy atom. The minimum absolute atomic E-state index is 0.0972. The van der Waals surface area contributed by atoms with Gasteiger partial charge in [-0.2, -0.15) is 0 Å². The van der Waals surface area contributed by atoms with E-state index in [0.29, 0.717) is 12.3 Å². The van der Waals surface area contributed by atoms with Crippen LogP contribution in [0.1, 0.15) is 13.8 Å². The standard InChI is InChI=1S/C12H24N4O/c1-8(2)9(13)5-12(15-4)16-6-10(14-3)11(17)7-16/h5,8,10-11,13-15,17H,6-7H2,1-4H3/b12-5+,13-9?. The fourth-order valence-electron chi connectivity index (χ4n) is 1.90. The molecular weight excluding hydrogens is 216 g/mol. The molecule has 0 amide bonds. The number of aliphatic hydroxyl groups excluding tert-OH is 1. The van der Waals surface area contributed by atoms with Crippen LogP contribution in [0.3, 0.4) is 0 Å². The number of nitrogens with zero attached hydrogens (tertiary/aromatic N) is 1. The van der Waals surface area contributed by atoms with E-state index in [4.69, 9.17) is 5.41 Å². The average Bonchev–Trinajstić information content (AvgIpc) is 2.66. The molecular formula is C12H24N4O. The van der Waals surface area contributed by atoms with Crippen molar-refractivity contribution in [2.45, 2.75) is 26.0 Å². The van der Waals surface area contributed by atoms with Crippen molar-refractivity contribution in [3.63, 3.8) is 0 Å². The Balaban J connectivity index is 2.73. The summed E-state index contributed by atoms with van der Waals surface area (Å²) in [6, 6.07) is 0.0972. The van der Waals surface area contributed by atoms with Gasteiger partial charge < -0.3 is 26.0 Å². The minimum Gasteiger partial charge on any atom is -0.390 e. The number of aliphatic hydroxyl groups is 1. The zero-order valence-corrected chi connectivity index (χ0v) is 11.1. The quantitative estimate of drug-likeness (QED) is 0.510. The van der Waals surface area contributed by atoms with E-state index < -0.39 is 0 Å². The van der Waals surface area contributed by atoms with Crippen molar-refractivity contribution in [3.8, 4) is 0 Å². The molecule has 98 valence electrons. The van der Waals surface area contributed by atoms with E-state index in [2.05, 4.69) is 15.5 Å². The Hall–Kier alpha value is -1.07. The molecule has 2 atom stereocenters. The molecule has 5 nitrogen and oxygen atoms in total. The molecule has 5 heteroatoms. The highest BCUT2D eigenvalue weighted by atomic mass is 16.3. The van der Waals surface area contributed by atoms with Gasteiger partial charge in [0.05, 0.1) is 12.1 Å². The van der Waals surface area contributed by atoms with Crippen molar-refractivity contribution in [1.29, 1.82) is 5.41 Å². The summed E-state index contributed by atoms with van der Waals surface area (Å²) in [5.74, 6) is 1.12. The van der Waals surface area contributed by atoms with E-state index in [0.717, 1.165) is 12.4 Å². The maximum atomic E-state index is 9.83. The van der Waals surface area contributed by atoms with Crippen LogP contribution < -0.4 is 10.6 Å². The van der Waals surface area contributed by atoms with Crippen LogP contribution in [0, 0.1) is 11.3 Å². The second kappa shape index (κ2) is 6.02. The van der Waals surface area contributed by atoms with E-state index in [1.807, 2.05) is 34.0 Å².